The van der Waals surface area contributed by atoms with Crippen molar-refractivity contribution in [3.63, 3.8) is 0 Å². The van der Waals surface area contributed by atoms with Gasteiger partial charge < -0.3 is 15.2 Å². The first-order chi connectivity index (χ1) is 7.68. The van der Waals surface area contributed by atoms with E-state index in [4.69, 9.17) is 0 Å². The highest BCUT2D eigenvalue weighted by Gasteiger charge is 2.08. The van der Waals surface area contributed by atoms with Crippen LogP contribution < -0.4 is 5.32 Å². The number of hydrogen-bond donors (Lipinski definition) is 2. The molecule has 2 aromatic rings. The Kier molecular flexibility index (Phi) is 3.40. The van der Waals surface area contributed by atoms with E-state index in [-0.39, 0.29) is 0 Å². The molecule has 0 aliphatic carbocycles. The number of nitrogens with one attached hydrogen (secondary N) is 2. The lowest BCUT2D eigenvalue weighted by atomic mass is 10.3. The summed E-state index contributed by atoms with van der Waals surface area (Å²) in [4.78, 5) is 13.6. The number of aromatic nitrogens is 3. The number of rotatable bonds is 4. The van der Waals surface area contributed by atoms with Crippen LogP contribution in [0, 0.1) is 0 Å². The van der Waals surface area contributed by atoms with Gasteiger partial charge in [-0.2, -0.15) is 0 Å². The number of aromatic amines is 1. The van der Waals surface area contributed by atoms with E-state index in [9.17, 15) is 0 Å². The van der Waals surface area contributed by atoms with E-state index in [1.165, 1.54) is 0 Å². The molecule has 86 valence electrons. The van der Waals surface area contributed by atoms with Crippen molar-refractivity contribution in [2.75, 3.05) is 32.5 Å². The summed E-state index contributed by atoms with van der Waals surface area (Å²) in [5.74, 6) is 0.861. The molecule has 2 aromatic heterocycles. The number of halogens is 1. The molecule has 6 heteroatoms. The summed E-state index contributed by atoms with van der Waals surface area (Å²) in [6.45, 7) is 1.82. The molecule has 2 N–H and O–H groups in total. The number of H-pyrrole nitrogens is 1. The van der Waals surface area contributed by atoms with E-state index >= 15 is 0 Å². The molecule has 0 spiro atoms. The molecule has 0 radical (unpaired) electrons. The standard InChI is InChI=1S/C10H14BrN5/c1-16(2)4-3-12-9-8-7(11)5-13-10(8)15-6-14-9/h5-6H,3-4H2,1-2H3,(H2,12,13,14,15). The monoisotopic (exact) mass is 283 g/mol. The molecule has 16 heavy (non-hydrogen) atoms. The maximum absolute atomic E-state index is 4.25. The van der Waals surface area contributed by atoms with E-state index < -0.39 is 0 Å². The molecule has 0 aliphatic rings. The van der Waals surface area contributed by atoms with Crippen molar-refractivity contribution in [2.24, 2.45) is 0 Å². The Hall–Kier alpha value is -1.14. The van der Waals surface area contributed by atoms with Crippen molar-refractivity contribution < 1.29 is 0 Å². The Labute approximate surface area is 102 Å². The highest BCUT2D eigenvalue weighted by molar-refractivity contribution is 9.10. The van der Waals surface area contributed by atoms with Gasteiger partial charge in [0.1, 0.15) is 17.8 Å². The molecule has 2 heterocycles. The Morgan fingerprint density at radius 3 is 3.00 bits per heavy atom. The summed E-state index contributed by atoms with van der Waals surface area (Å²) in [6.07, 6.45) is 3.43. The molecular formula is C10H14BrN5. The molecule has 2 rings (SSSR count). The van der Waals surface area contributed by atoms with Crippen LogP contribution in [0.2, 0.25) is 0 Å². The van der Waals surface area contributed by atoms with E-state index in [2.05, 4.69) is 41.1 Å². The molecule has 0 fully saturated rings. The summed E-state index contributed by atoms with van der Waals surface area (Å²) in [5.41, 5.74) is 0.842. The van der Waals surface area contributed by atoms with Crippen molar-refractivity contribution in [3.05, 3.63) is 17.0 Å². The van der Waals surface area contributed by atoms with Crippen LogP contribution in [0.4, 0.5) is 5.82 Å². The van der Waals surface area contributed by atoms with Crippen LogP contribution in [0.1, 0.15) is 0 Å². The number of anilines is 1. The summed E-state index contributed by atoms with van der Waals surface area (Å²) in [6, 6.07) is 0. The maximum Gasteiger partial charge on any atom is 0.144 e. The van der Waals surface area contributed by atoms with Gasteiger partial charge in [0.15, 0.2) is 0 Å². The van der Waals surface area contributed by atoms with E-state index in [0.29, 0.717) is 0 Å². The second-order valence-corrected chi connectivity index (χ2v) is 4.67. The normalized spacial score (nSPS) is 11.2. The minimum atomic E-state index is 0.842. The van der Waals surface area contributed by atoms with Gasteiger partial charge in [0.2, 0.25) is 0 Å². The average Bonchev–Trinajstić information content (AvgIpc) is 2.61. The Morgan fingerprint density at radius 2 is 2.25 bits per heavy atom. The number of likely N-dealkylation sites (N-methyl/N-ethyl adjacent to an activating group) is 1. The van der Waals surface area contributed by atoms with Crippen molar-refractivity contribution in [1.82, 2.24) is 19.9 Å². The molecule has 0 amide bonds. The van der Waals surface area contributed by atoms with Gasteiger partial charge in [-0.3, -0.25) is 0 Å². The highest BCUT2D eigenvalue weighted by atomic mass is 79.9. The lowest BCUT2D eigenvalue weighted by Crippen LogP contribution is -2.21. The first-order valence-electron chi connectivity index (χ1n) is 5.04. The van der Waals surface area contributed by atoms with Gasteiger partial charge in [-0.05, 0) is 30.0 Å². The van der Waals surface area contributed by atoms with Crippen LogP contribution in [0.15, 0.2) is 17.0 Å². The van der Waals surface area contributed by atoms with Gasteiger partial charge >= 0.3 is 0 Å². The van der Waals surface area contributed by atoms with Crippen LogP contribution >= 0.6 is 15.9 Å². The van der Waals surface area contributed by atoms with Crippen molar-refractivity contribution >= 4 is 32.8 Å². The number of nitrogens with zero attached hydrogens (tertiary/aromatic N) is 3. The fourth-order valence-electron chi connectivity index (χ4n) is 1.46. The second-order valence-electron chi connectivity index (χ2n) is 3.81. The SMILES string of the molecule is CN(C)CCNc1ncnc2[nH]cc(Br)c12. The number of hydrogen-bond acceptors (Lipinski definition) is 4. The first kappa shape index (κ1) is 11.3. The van der Waals surface area contributed by atoms with Gasteiger partial charge in [-0.15, -0.1) is 0 Å². The minimum Gasteiger partial charge on any atom is -0.368 e. The summed E-state index contributed by atoms with van der Waals surface area (Å²) >= 11 is 3.48. The largest absolute Gasteiger partial charge is 0.368 e. The Balaban J connectivity index is 2.20. The molecule has 0 saturated heterocycles. The van der Waals surface area contributed by atoms with Gasteiger partial charge in [0.25, 0.3) is 0 Å². The second kappa shape index (κ2) is 4.80. The molecule has 0 unspecified atom stereocenters. The zero-order chi connectivity index (χ0) is 11.5. The van der Waals surface area contributed by atoms with Gasteiger partial charge in [-0.1, -0.05) is 0 Å². The third-order valence-electron chi connectivity index (χ3n) is 2.27. The fourth-order valence-corrected chi connectivity index (χ4v) is 1.95. The summed E-state index contributed by atoms with van der Waals surface area (Å²) < 4.78 is 0.982. The predicted octanol–water partition coefficient (Wildman–Crippen LogP) is 1.69. The molecule has 0 atom stereocenters. The van der Waals surface area contributed by atoms with Gasteiger partial charge in [0.05, 0.1) is 5.39 Å². The Bertz CT molecular complexity index is 479. The van der Waals surface area contributed by atoms with E-state index in [0.717, 1.165) is 34.4 Å². The maximum atomic E-state index is 4.25. The zero-order valence-electron chi connectivity index (χ0n) is 9.29. The van der Waals surface area contributed by atoms with Crippen molar-refractivity contribution in [2.45, 2.75) is 0 Å². The zero-order valence-corrected chi connectivity index (χ0v) is 10.9. The summed E-state index contributed by atoms with van der Waals surface area (Å²) in [5, 5.41) is 4.30. The van der Waals surface area contributed by atoms with Crippen LogP contribution in [0.5, 0.6) is 0 Å². The molecule has 0 aromatic carbocycles. The lowest BCUT2D eigenvalue weighted by Gasteiger charge is -2.11. The molecule has 5 nitrogen and oxygen atoms in total. The molecule has 0 bridgehead atoms. The summed E-state index contributed by atoms with van der Waals surface area (Å²) in [7, 11) is 4.09. The minimum absolute atomic E-state index is 0.842. The van der Waals surface area contributed by atoms with E-state index in [1.807, 2.05) is 20.3 Å². The predicted molar refractivity (Wildman–Crippen MR) is 68.6 cm³/mol. The first-order valence-corrected chi connectivity index (χ1v) is 5.84. The molecular weight excluding hydrogens is 270 g/mol. The van der Waals surface area contributed by atoms with Gasteiger partial charge in [0, 0.05) is 23.8 Å². The molecule has 0 saturated carbocycles. The van der Waals surface area contributed by atoms with Crippen LogP contribution in [-0.2, 0) is 0 Å². The smallest absolute Gasteiger partial charge is 0.144 e. The van der Waals surface area contributed by atoms with Crippen LogP contribution in [-0.4, -0.2) is 47.0 Å². The third-order valence-corrected chi connectivity index (χ3v) is 2.90. The third kappa shape index (κ3) is 2.33. The van der Waals surface area contributed by atoms with Crippen molar-refractivity contribution in [1.29, 1.82) is 0 Å². The topological polar surface area (TPSA) is 56.8 Å². The fraction of sp³-hybridized carbons (Fsp3) is 0.400. The lowest BCUT2D eigenvalue weighted by molar-refractivity contribution is 0.425. The number of fused-ring (bicyclic) bond motifs is 1. The Morgan fingerprint density at radius 1 is 1.44 bits per heavy atom. The molecule has 0 aliphatic heterocycles. The van der Waals surface area contributed by atoms with Crippen molar-refractivity contribution in [3.8, 4) is 0 Å². The van der Waals surface area contributed by atoms with Gasteiger partial charge in [-0.25, -0.2) is 9.97 Å². The highest BCUT2D eigenvalue weighted by Crippen LogP contribution is 2.27. The van der Waals surface area contributed by atoms with Crippen LogP contribution in [0.25, 0.3) is 11.0 Å². The van der Waals surface area contributed by atoms with Crippen LogP contribution in [0.3, 0.4) is 0 Å². The van der Waals surface area contributed by atoms with E-state index in [1.54, 1.807) is 6.33 Å². The quantitative estimate of drug-likeness (QED) is 0.897. The average molecular weight is 284 g/mol.